The number of aryl methyl sites for hydroxylation is 1. The van der Waals surface area contributed by atoms with Gasteiger partial charge in [0.05, 0.1) is 11.0 Å². The smallest absolute Gasteiger partial charge is 0.272 e. The summed E-state index contributed by atoms with van der Waals surface area (Å²) in [7, 11) is 0. The number of nitro benzene ring substituents is 1. The second-order valence-corrected chi connectivity index (χ2v) is 7.71. The van der Waals surface area contributed by atoms with E-state index in [1.165, 1.54) is 30.7 Å². The second kappa shape index (κ2) is 8.42. The highest BCUT2D eigenvalue weighted by atomic mass is 16.6. The van der Waals surface area contributed by atoms with Crippen molar-refractivity contribution in [1.82, 2.24) is 5.32 Å². The number of amides is 1. The van der Waals surface area contributed by atoms with Crippen molar-refractivity contribution in [3.63, 3.8) is 0 Å². The van der Waals surface area contributed by atoms with Crippen molar-refractivity contribution >= 4 is 17.3 Å². The van der Waals surface area contributed by atoms with Crippen LogP contribution in [-0.2, 0) is 0 Å². The van der Waals surface area contributed by atoms with Gasteiger partial charge in [-0.15, -0.1) is 0 Å². The molecule has 1 unspecified atom stereocenters. The fourth-order valence-electron chi connectivity index (χ4n) is 3.61. The van der Waals surface area contributed by atoms with Gasteiger partial charge in [0.2, 0.25) is 0 Å². The predicted octanol–water partition coefficient (Wildman–Crippen LogP) is 4.63. The maximum atomic E-state index is 12.5. The molecule has 2 aromatic rings. The van der Waals surface area contributed by atoms with Crippen LogP contribution in [0.5, 0.6) is 0 Å². The Morgan fingerprint density at radius 3 is 2.39 bits per heavy atom. The van der Waals surface area contributed by atoms with E-state index in [0.29, 0.717) is 11.1 Å². The number of piperidine rings is 1. The molecule has 3 rings (SSSR count). The van der Waals surface area contributed by atoms with E-state index in [1.807, 2.05) is 6.92 Å². The van der Waals surface area contributed by atoms with Crippen molar-refractivity contribution < 1.29 is 9.72 Å². The van der Waals surface area contributed by atoms with Crippen LogP contribution >= 0.6 is 0 Å². The molecular weight excluding hydrogens is 354 g/mol. The molecule has 2 aromatic carbocycles. The second-order valence-electron chi connectivity index (χ2n) is 7.71. The molecule has 1 aliphatic rings. The molecule has 6 heteroatoms. The summed E-state index contributed by atoms with van der Waals surface area (Å²) in [6, 6.07) is 12.6. The SMILES string of the molecule is Cc1cc(C(=O)NC(C)c2ccc(N3CCC(C)CC3)cc2)ccc1[N+](=O)[O-]. The summed E-state index contributed by atoms with van der Waals surface area (Å²) in [6.45, 7) is 8.06. The Labute approximate surface area is 165 Å². The highest BCUT2D eigenvalue weighted by molar-refractivity contribution is 5.95. The topological polar surface area (TPSA) is 75.5 Å². The molecule has 0 radical (unpaired) electrons. The van der Waals surface area contributed by atoms with Gasteiger partial charge >= 0.3 is 0 Å². The Kier molecular flexibility index (Phi) is 5.97. The minimum Gasteiger partial charge on any atom is -0.372 e. The molecule has 28 heavy (non-hydrogen) atoms. The summed E-state index contributed by atoms with van der Waals surface area (Å²) >= 11 is 0. The van der Waals surface area contributed by atoms with Crippen LogP contribution < -0.4 is 10.2 Å². The third-order valence-electron chi connectivity index (χ3n) is 5.55. The summed E-state index contributed by atoms with van der Waals surface area (Å²) in [5.41, 5.74) is 3.17. The van der Waals surface area contributed by atoms with Crippen LogP contribution in [0.15, 0.2) is 42.5 Å². The van der Waals surface area contributed by atoms with E-state index >= 15 is 0 Å². The molecule has 0 saturated carbocycles. The molecular formula is C22H27N3O3. The van der Waals surface area contributed by atoms with Crippen molar-refractivity contribution in [1.29, 1.82) is 0 Å². The first-order chi connectivity index (χ1) is 13.3. The molecule has 1 fully saturated rings. The van der Waals surface area contributed by atoms with Gasteiger partial charge in [0, 0.05) is 36.0 Å². The Bertz CT molecular complexity index is 856. The summed E-state index contributed by atoms with van der Waals surface area (Å²) < 4.78 is 0. The van der Waals surface area contributed by atoms with Gasteiger partial charge in [-0.2, -0.15) is 0 Å². The Morgan fingerprint density at radius 2 is 1.82 bits per heavy atom. The molecule has 148 valence electrons. The lowest BCUT2D eigenvalue weighted by Crippen LogP contribution is -2.32. The average Bonchev–Trinajstić information content (AvgIpc) is 2.68. The average molecular weight is 381 g/mol. The highest BCUT2D eigenvalue weighted by Crippen LogP contribution is 2.25. The first-order valence-corrected chi connectivity index (χ1v) is 9.76. The van der Waals surface area contributed by atoms with E-state index < -0.39 is 4.92 Å². The molecule has 1 aliphatic heterocycles. The van der Waals surface area contributed by atoms with E-state index in [-0.39, 0.29) is 17.6 Å². The van der Waals surface area contributed by atoms with Gasteiger partial charge in [-0.25, -0.2) is 0 Å². The van der Waals surface area contributed by atoms with Gasteiger partial charge in [-0.1, -0.05) is 19.1 Å². The van der Waals surface area contributed by atoms with E-state index in [2.05, 4.69) is 41.4 Å². The predicted molar refractivity (Wildman–Crippen MR) is 111 cm³/mol. The van der Waals surface area contributed by atoms with Gasteiger partial charge in [-0.05, 0) is 62.4 Å². The molecule has 0 bridgehead atoms. The number of hydrogen-bond acceptors (Lipinski definition) is 4. The number of hydrogen-bond donors (Lipinski definition) is 1. The quantitative estimate of drug-likeness (QED) is 0.605. The van der Waals surface area contributed by atoms with Crippen molar-refractivity contribution in [2.45, 2.75) is 39.7 Å². The number of nitrogens with one attached hydrogen (secondary N) is 1. The summed E-state index contributed by atoms with van der Waals surface area (Å²) in [6.07, 6.45) is 2.45. The summed E-state index contributed by atoms with van der Waals surface area (Å²) in [5, 5.41) is 13.9. The van der Waals surface area contributed by atoms with Crippen molar-refractivity contribution in [3.8, 4) is 0 Å². The zero-order valence-electron chi connectivity index (χ0n) is 16.6. The van der Waals surface area contributed by atoms with Crippen LogP contribution in [0.2, 0.25) is 0 Å². The zero-order chi connectivity index (χ0) is 20.3. The van der Waals surface area contributed by atoms with Crippen LogP contribution in [0.4, 0.5) is 11.4 Å². The lowest BCUT2D eigenvalue weighted by atomic mass is 9.98. The first-order valence-electron chi connectivity index (χ1n) is 9.76. The van der Waals surface area contributed by atoms with Gasteiger partial charge in [0.1, 0.15) is 0 Å². The molecule has 1 atom stereocenters. The maximum absolute atomic E-state index is 12.5. The summed E-state index contributed by atoms with van der Waals surface area (Å²) in [5.74, 6) is 0.563. The number of nitro groups is 1. The zero-order valence-corrected chi connectivity index (χ0v) is 16.6. The summed E-state index contributed by atoms with van der Waals surface area (Å²) in [4.78, 5) is 25.4. The number of nitrogens with zero attached hydrogens (tertiary/aromatic N) is 2. The van der Waals surface area contributed by atoms with Crippen LogP contribution in [0.3, 0.4) is 0 Å². The van der Waals surface area contributed by atoms with Crippen LogP contribution in [0.1, 0.15) is 54.2 Å². The van der Waals surface area contributed by atoms with E-state index in [1.54, 1.807) is 13.0 Å². The van der Waals surface area contributed by atoms with Gasteiger partial charge < -0.3 is 10.2 Å². The van der Waals surface area contributed by atoms with E-state index in [4.69, 9.17) is 0 Å². The molecule has 0 aromatic heterocycles. The lowest BCUT2D eigenvalue weighted by molar-refractivity contribution is -0.385. The minimum absolute atomic E-state index is 0.0206. The first kappa shape index (κ1) is 19.9. The third-order valence-corrected chi connectivity index (χ3v) is 5.55. The fourth-order valence-corrected chi connectivity index (χ4v) is 3.61. The van der Waals surface area contributed by atoms with Gasteiger partial charge in [0.25, 0.3) is 11.6 Å². The molecule has 1 N–H and O–H groups in total. The standard InChI is InChI=1S/C22H27N3O3/c1-15-10-12-24(13-11-15)20-7-4-18(5-8-20)17(3)23-22(26)19-6-9-21(25(27)28)16(2)14-19/h4-9,14-15,17H,10-13H2,1-3H3,(H,23,26). The number of rotatable bonds is 5. The number of carbonyl (C=O) groups is 1. The monoisotopic (exact) mass is 381 g/mol. The molecule has 6 nitrogen and oxygen atoms in total. The van der Waals surface area contributed by atoms with Crippen molar-refractivity contribution in [2.75, 3.05) is 18.0 Å². The minimum atomic E-state index is -0.440. The number of benzene rings is 2. The Morgan fingerprint density at radius 1 is 1.18 bits per heavy atom. The highest BCUT2D eigenvalue weighted by Gasteiger charge is 2.18. The molecule has 0 aliphatic carbocycles. The number of anilines is 1. The van der Waals surface area contributed by atoms with Crippen LogP contribution in [0.25, 0.3) is 0 Å². The van der Waals surface area contributed by atoms with E-state index in [0.717, 1.165) is 24.6 Å². The molecule has 1 heterocycles. The van der Waals surface area contributed by atoms with E-state index in [9.17, 15) is 14.9 Å². The van der Waals surface area contributed by atoms with Crippen molar-refractivity contribution in [3.05, 3.63) is 69.3 Å². The fraction of sp³-hybridized carbons (Fsp3) is 0.409. The number of carbonyl (C=O) groups excluding carboxylic acids is 1. The molecule has 0 spiro atoms. The Hall–Kier alpha value is -2.89. The van der Waals surface area contributed by atoms with Crippen LogP contribution in [-0.4, -0.2) is 23.9 Å². The van der Waals surface area contributed by atoms with Gasteiger partial charge in [0.15, 0.2) is 0 Å². The lowest BCUT2D eigenvalue weighted by Gasteiger charge is -2.32. The molecule has 1 amide bonds. The van der Waals surface area contributed by atoms with Gasteiger partial charge in [-0.3, -0.25) is 14.9 Å². The third kappa shape index (κ3) is 4.50. The largest absolute Gasteiger partial charge is 0.372 e. The normalized spacial score (nSPS) is 15.9. The maximum Gasteiger partial charge on any atom is 0.272 e. The van der Waals surface area contributed by atoms with Crippen LogP contribution in [0, 0.1) is 23.0 Å². The molecule has 1 saturated heterocycles. The Balaban J connectivity index is 1.64. The van der Waals surface area contributed by atoms with Crippen molar-refractivity contribution in [2.24, 2.45) is 5.92 Å².